The number of alkyl halides is 3. The maximum absolute atomic E-state index is 13.1. The van der Waals surface area contributed by atoms with Crippen LogP contribution in [0.3, 0.4) is 0 Å². The summed E-state index contributed by atoms with van der Waals surface area (Å²) in [6.45, 7) is 1.62. The number of halogens is 3. The minimum atomic E-state index is -4.52. The molecule has 1 aromatic rings. The highest BCUT2D eigenvalue weighted by molar-refractivity contribution is 5.98. The van der Waals surface area contributed by atoms with E-state index >= 15 is 0 Å². The lowest BCUT2D eigenvalue weighted by Crippen LogP contribution is -2.43. The van der Waals surface area contributed by atoms with Crippen molar-refractivity contribution < 1.29 is 18.0 Å². The third-order valence-electron chi connectivity index (χ3n) is 3.39. The lowest BCUT2D eigenvalue weighted by Gasteiger charge is -2.28. The fraction of sp³-hybridized carbons (Fsp3) is 0.231. The Labute approximate surface area is 113 Å². The van der Waals surface area contributed by atoms with E-state index in [0.29, 0.717) is 5.84 Å². The van der Waals surface area contributed by atoms with Gasteiger partial charge in [-0.1, -0.05) is 0 Å². The highest BCUT2D eigenvalue weighted by Gasteiger charge is 2.42. The largest absolute Gasteiger partial charge is 0.422 e. The number of amides is 1. The van der Waals surface area contributed by atoms with Crippen molar-refractivity contribution in [3.05, 3.63) is 41.7 Å². The van der Waals surface area contributed by atoms with E-state index in [-0.39, 0.29) is 15.7 Å². The predicted molar refractivity (Wildman–Crippen MR) is 69.9 cm³/mol. The normalized spacial score (nSPS) is 21.9. The van der Waals surface area contributed by atoms with Crippen LogP contribution in [0.1, 0.15) is 22.8 Å². The van der Waals surface area contributed by atoms with Gasteiger partial charge in [-0.05, 0) is 12.1 Å². The van der Waals surface area contributed by atoms with E-state index < -0.39 is 17.6 Å². The number of carbonyl (C=O) groups is 1. The fourth-order valence-corrected chi connectivity index (χ4v) is 2.07. The van der Waals surface area contributed by atoms with Gasteiger partial charge in [0.15, 0.2) is 5.69 Å². The Hall–Kier alpha value is -2.15. The Morgan fingerprint density at radius 3 is 2.45 bits per heavy atom. The molecule has 0 saturated carbocycles. The molecule has 0 saturated heterocycles. The molecule has 0 spiro atoms. The molecule has 0 aliphatic carbocycles. The van der Waals surface area contributed by atoms with Gasteiger partial charge in [0.05, 0.1) is 13.2 Å². The van der Waals surface area contributed by atoms with Gasteiger partial charge in [0, 0.05) is 18.6 Å². The topological polar surface area (TPSA) is 55.4 Å². The zero-order valence-corrected chi connectivity index (χ0v) is 10.9. The van der Waals surface area contributed by atoms with Crippen LogP contribution in [0.15, 0.2) is 35.6 Å². The molecular weight excluding hydrogens is 271 g/mol. The highest BCUT2D eigenvalue weighted by atomic mass is 19.4. The van der Waals surface area contributed by atoms with Crippen LogP contribution < -0.4 is 10.2 Å². The molecule has 1 amide bonds. The molecular formula is C13H13F3N3O+. The van der Waals surface area contributed by atoms with Gasteiger partial charge < -0.3 is 5.73 Å². The lowest BCUT2D eigenvalue weighted by molar-refractivity contribution is -0.137. The Bertz CT molecular complexity index is 634. The minimum absolute atomic E-state index is 0.0282. The van der Waals surface area contributed by atoms with Gasteiger partial charge in [-0.3, -0.25) is 4.79 Å². The van der Waals surface area contributed by atoms with Crippen LogP contribution in [0.2, 0.25) is 0 Å². The standard InChI is InChI=1S/C13H12F3N3O/c1-8-18-5-6-19(8,2)11-7-9(12(17)20)3-4-10(11)13(14,15)16/h3-7H,1-2H3,(H-,17,20)/p+1. The summed E-state index contributed by atoms with van der Waals surface area (Å²) in [5, 5.41) is 0. The van der Waals surface area contributed by atoms with Crippen LogP contribution in [-0.2, 0) is 6.18 Å². The highest BCUT2D eigenvalue weighted by Crippen LogP contribution is 2.40. The molecule has 0 radical (unpaired) electrons. The third kappa shape index (κ3) is 2.20. The van der Waals surface area contributed by atoms with Gasteiger partial charge in [0.25, 0.3) is 0 Å². The molecule has 1 heterocycles. The van der Waals surface area contributed by atoms with Crippen molar-refractivity contribution in [2.75, 3.05) is 7.05 Å². The summed E-state index contributed by atoms with van der Waals surface area (Å²) in [7, 11) is 1.57. The number of amidine groups is 1. The Kier molecular flexibility index (Phi) is 3.17. The molecule has 1 aliphatic rings. The average molecular weight is 284 g/mol. The van der Waals surface area contributed by atoms with Gasteiger partial charge in [-0.25, -0.2) is 9.48 Å². The van der Waals surface area contributed by atoms with Crippen LogP contribution in [0, 0.1) is 0 Å². The SMILES string of the molecule is CC1=NC=C[N+]1(C)c1cc(C(N)=O)ccc1C(F)(F)F. The first-order valence-corrected chi connectivity index (χ1v) is 5.77. The number of benzene rings is 1. The molecule has 106 valence electrons. The van der Waals surface area contributed by atoms with E-state index in [4.69, 9.17) is 5.73 Å². The molecule has 0 aromatic heterocycles. The van der Waals surface area contributed by atoms with E-state index in [2.05, 4.69) is 4.99 Å². The number of carbonyl (C=O) groups excluding carboxylic acids is 1. The van der Waals surface area contributed by atoms with Gasteiger partial charge in [0.2, 0.25) is 11.7 Å². The molecule has 0 fully saturated rings. The Morgan fingerprint density at radius 2 is 2.00 bits per heavy atom. The fourth-order valence-electron chi connectivity index (χ4n) is 2.07. The van der Waals surface area contributed by atoms with E-state index in [1.54, 1.807) is 14.0 Å². The van der Waals surface area contributed by atoms with Crippen molar-refractivity contribution >= 4 is 17.4 Å². The zero-order valence-electron chi connectivity index (χ0n) is 10.9. The number of hydrogen-bond donors (Lipinski definition) is 1. The molecule has 4 nitrogen and oxygen atoms in total. The molecule has 2 N–H and O–H groups in total. The van der Waals surface area contributed by atoms with Crippen LogP contribution in [0.4, 0.5) is 18.9 Å². The first-order chi connectivity index (χ1) is 9.16. The molecule has 1 aliphatic heterocycles. The van der Waals surface area contributed by atoms with E-state index in [0.717, 1.165) is 12.1 Å². The second-order valence-corrected chi connectivity index (χ2v) is 4.64. The molecule has 20 heavy (non-hydrogen) atoms. The first kappa shape index (κ1) is 14.3. The lowest BCUT2D eigenvalue weighted by atomic mass is 10.1. The molecule has 0 bridgehead atoms. The first-order valence-electron chi connectivity index (χ1n) is 5.77. The molecule has 1 atom stereocenters. The van der Waals surface area contributed by atoms with Crippen molar-refractivity contribution in [3.8, 4) is 0 Å². The number of nitrogens with zero attached hydrogens (tertiary/aromatic N) is 2. The summed E-state index contributed by atoms with van der Waals surface area (Å²) < 4.78 is 39.2. The number of aliphatic imine (C=N–C) groups is 1. The van der Waals surface area contributed by atoms with Crippen molar-refractivity contribution in [1.29, 1.82) is 0 Å². The van der Waals surface area contributed by atoms with Gasteiger partial charge in [0.1, 0.15) is 11.8 Å². The van der Waals surface area contributed by atoms with Gasteiger partial charge in [-0.2, -0.15) is 13.2 Å². The van der Waals surface area contributed by atoms with Crippen molar-refractivity contribution in [2.24, 2.45) is 10.7 Å². The summed E-state index contributed by atoms with van der Waals surface area (Å²) in [4.78, 5) is 15.2. The summed E-state index contributed by atoms with van der Waals surface area (Å²) in [5.41, 5.74) is 4.28. The molecule has 7 heteroatoms. The van der Waals surface area contributed by atoms with Gasteiger partial charge >= 0.3 is 6.18 Å². The Morgan fingerprint density at radius 1 is 1.35 bits per heavy atom. The molecule has 2 rings (SSSR count). The second-order valence-electron chi connectivity index (χ2n) is 4.64. The zero-order chi connectivity index (χ0) is 15.1. The average Bonchev–Trinajstić information content (AvgIpc) is 2.69. The number of quaternary nitrogens is 1. The van der Waals surface area contributed by atoms with Crippen LogP contribution in [0.5, 0.6) is 0 Å². The maximum Gasteiger partial charge on any atom is 0.422 e. The van der Waals surface area contributed by atoms with Crippen LogP contribution in [0.25, 0.3) is 0 Å². The Balaban J connectivity index is 2.71. The van der Waals surface area contributed by atoms with E-state index in [9.17, 15) is 18.0 Å². The number of nitrogens with two attached hydrogens (primary N) is 1. The third-order valence-corrected chi connectivity index (χ3v) is 3.39. The number of rotatable bonds is 2. The van der Waals surface area contributed by atoms with E-state index in [1.807, 2.05) is 0 Å². The predicted octanol–water partition coefficient (Wildman–Crippen LogP) is 2.64. The molecule has 1 unspecified atom stereocenters. The summed E-state index contributed by atoms with van der Waals surface area (Å²) >= 11 is 0. The van der Waals surface area contributed by atoms with Crippen molar-refractivity contribution in [3.63, 3.8) is 0 Å². The van der Waals surface area contributed by atoms with Crippen LogP contribution >= 0.6 is 0 Å². The summed E-state index contributed by atoms with van der Waals surface area (Å²) in [5.74, 6) is -0.304. The minimum Gasteiger partial charge on any atom is -0.366 e. The van der Waals surface area contributed by atoms with Gasteiger partial charge in [-0.15, -0.1) is 0 Å². The number of hydrogen-bond acceptors (Lipinski definition) is 2. The van der Waals surface area contributed by atoms with E-state index in [1.165, 1.54) is 18.5 Å². The monoisotopic (exact) mass is 284 g/mol. The summed E-state index contributed by atoms with van der Waals surface area (Å²) in [6, 6.07) is 3.12. The molecule has 1 aromatic carbocycles. The van der Waals surface area contributed by atoms with Crippen molar-refractivity contribution in [2.45, 2.75) is 13.1 Å². The van der Waals surface area contributed by atoms with Crippen molar-refractivity contribution in [1.82, 2.24) is 4.48 Å². The summed E-state index contributed by atoms with van der Waals surface area (Å²) in [6.07, 6.45) is -1.57. The maximum atomic E-state index is 13.1. The number of primary amides is 1. The second kappa shape index (κ2) is 4.45. The quantitative estimate of drug-likeness (QED) is 0.834. The smallest absolute Gasteiger partial charge is 0.366 e. The van der Waals surface area contributed by atoms with Crippen LogP contribution in [-0.4, -0.2) is 18.8 Å².